The van der Waals surface area contributed by atoms with E-state index < -0.39 is 22.0 Å². The van der Waals surface area contributed by atoms with Gasteiger partial charge in [0, 0.05) is 10.9 Å². The molecule has 0 aliphatic rings. The number of carbonyl (C=O) groups is 1. The van der Waals surface area contributed by atoms with Crippen LogP contribution in [0.4, 0.5) is 5.13 Å². The highest BCUT2D eigenvalue weighted by Crippen LogP contribution is 2.35. The van der Waals surface area contributed by atoms with Gasteiger partial charge in [0.1, 0.15) is 17.2 Å². The van der Waals surface area contributed by atoms with Crippen LogP contribution in [0.5, 0.6) is 17.2 Å². The van der Waals surface area contributed by atoms with E-state index in [1.165, 1.54) is 49.6 Å². The number of hydrogen-bond acceptors (Lipinski definition) is 8. The molecule has 170 valence electrons. The first kappa shape index (κ1) is 23.5. The molecule has 3 aromatic rings. The molecular formula is C21H23N3O6S2. The molecule has 2 aromatic carbocycles. The minimum Gasteiger partial charge on any atom is -0.497 e. The van der Waals surface area contributed by atoms with Crippen LogP contribution in [0.25, 0.3) is 11.3 Å². The topological polar surface area (TPSA) is 116 Å². The molecule has 0 fully saturated rings. The van der Waals surface area contributed by atoms with Gasteiger partial charge >= 0.3 is 0 Å². The van der Waals surface area contributed by atoms with Gasteiger partial charge in [-0.3, -0.25) is 4.79 Å². The number of carbonyl (C=O) groups excluding carboxylic acids is 1. The number of benzene rings is 2. The van der Waals surface area contributed by atoms with Crippen LogP contribution in [0, 0.1) is 0 Å². The molecule has 0 saturated heterocycles. The summed E-state index contributed by atoms with van der Waals surface area (Å²) in [6.07, 6.45) is 0. The zero-order valence-electron chi connectivity index (χ0n) is 17.9. The highest BCUT2D eigenvalue weighted by molar-refractivity contribution is 7.89. The second kappa shape index (κ2) is 9.98. The highest BCUT2D eigenvalue weighted by atomic mass is 32.2. The van der Waals surface area contributed by atoms with Gasteiger partial charge in [-0.2, -0.15) is 4.72 Å². The van der Waals surface area contributed by atoms with Crippen LogP contribution in [-0.4, -0.2) is 46.7 Å². The Morgan fingerprint density at radius 1 is 1.00 bits per heavy atom. The minimum atomic E-state index is -3.89. The van der Waals surface area contributed by atoms with Crippen molar-refractivity contribution in [2.45, 2.75) is 17.9 Å². The van der Waals surface area contributed by atoms with Crippen molar-refractivity contribution in [3.8, 4) is 28.5 Å². The maximum atomic E-state index is 12.6. The summed E-state index contributed by atoms with van der Waals surface area (Å²) in [4.78, 5) is 17.0. The Kier molecular flexibility index (Phi) is 7.33. The van der Waals surface area contributed by atoms with Crippen molar-refractivity contribution in [3.05, 3.63) is 47.8 Å². The van der Waals surface area contributed by atoms with Gasteiger partial charge in [-0.1, -0.05) is 0 Å². The Hall–Kier alpha value is -3.15. The number of aromatic nitrogens is 1. The van der Waals surface area contributed by atoms with E-state index in [0.29, 0.717) is 33.6 Å². The summed E-state index contributed by atoms with van der Waals surface area (Å²) in [5.41, 5.74) is 1.30. The molecule has 0 spiro atoms. The standard InChI is InChI=1S/C21H23N3O6S2/c1-13(24-32(26,27)16-8-5-14(28-2)6-9-16)20(25)23-21-22-18(12-31-21)17-11-15(29-3)7-10-19(17)30-4/h5-13,24H,1-4H3,(H,22,23,25)/t13-/m0/s1. The molecule has 1 heterocycles. The second-order valence-corrected chi connectivity index (χ2v) is 9.18. The summed E-state index contributed by atoms with van der Waals surface area (Å²) < 4.78 is 43.1. The molecule has 11 heteroatoms. The summed E-state index contributed by atoms with van der Waals surface area (Å²) in [7, 11) is 0.713. The number of sulfonamides is 1. The van der Waals surface area contributed by atoms with Gasteiger partial charge < -0.3 is 19.5 Å². The first-order valence-electron chi connectivity index (χ1n) is 9.42. The van der Waals surface area contributed by atoms with Crippen molar-refractivity contribution in [1.29, 1.82) is 0 Å². The Balaban J connectivity index is 1.70. The Morgan fingerprint density at radius 2 is 1.66 bits per heavy atom. The number of hydrogen-bond donors (Lipinski definition) is 2. The highest BCUT2D eigenvalue weighted by Gasteiger charge is 2.23. The van der Waals surface area contributed by atoms with Crippen molar-refractivity contribution in [2.24, 2.45) is 0 Å². The van der Waals surface area contributed by atoms with Crippen molar-refractivity contribution >= 4 is 32.4 Å². The lowest BCUT2D eigenvalue weighted by atomic mass is 10.1. The normalized spacial score (nSPS) is 12.1. The van der Waals surface area contributed by atoms with E-state index in [2.05, 4.69) is 15.0 Å². The van der Waals surface area contributed by atoms with Gasteiger partial charge in [0.05, 0.1) is 38.0 Å². The van der Waals surface area contributed by atoms with Crippen molar-refractivity contribution < 1.29 is 27.4 Å². The molecule has 0 saturated carbocycles. The molecule has 0 aliphatic heterocycles. The molecule has 2 N–H and O–H groups in total. The van der Waals surface area contributed by atoms with Crippen LogP contribution in [0.3, 0.4) is 0 Å². The lowest BCUT2D eigenvalue weighted by Gasteiger charge is -2.13. The Morgan fingerprint density at radius 3 is 2.28 bits per heavy atom. The van der Waals surface area contributed by atoms with Gasteiger partial charge in [0.25, 0.3) is 0 Å². The van der Waals surface area contributed by atoms with E-state index in [9.17, 15) is 13.2 Å². The molecule has 9 nitrogen and oxygen atoms in total. The molecule has 0 bridgehead atoms. The zero-order chi connectivity index (χ0) is 23.3. The molecule has 32 heavy (non-hydrogen) atoms. The fourth-order valence-electron chi connectivity index (χ4n) is 2.79. The fraction of sp³-hybridized carbons (Fsp3) is 0.238. The quantitative estimate of drug-likeness (QED) is 0.486. The first-order chi connectivity index (χ1) is 15.3. The Labute approximate surface area is 190 Å². The second-order valence-electron chi connectivity index (χ2n) is 6.61. The number of ether oxygens (including phenoxy) is 3. The van der Waals surface area contributed by atoms with Crippen molar-refractivity contribution in [2.75, 3.05) is 26.6 Å². The average molecular weight is 478 g/mol. The minimum absolute atomic E-state index is 0.0274. The number of thiazole rings is 1. The number of amides is 1. The molecule has 1 amide bonds. The number of methoxy groups -OCH3 is 3. The number of nitrogens with zero attached hydrogens (tertiary/aromatic N) is 1. The molecule has 0 unspecified atom stereocenters. The lowest BCUT2D eigenvalue weighted by Crippen LogP contribution is -2.41. The van der Waals surface area contributed by atoms with Crippen LogP contribution in [0.15, 0.2) is 52.7 Å². The third-order valence-corrected chi connectivity index (χ3v) is 6.83. The zero-order valence-corrected chi connectivity index (χ0v) is 19.5. The molecule has 3 rings (SSSR count). The van der Waals surface area contributed by atoms with Gasteiger partial charge in [0.15, 0.2) is 5.13 Å². The molecule has 0 aliphatic carbocycles. The van der Waals surface area contributed by atoms with Crippen LogP contribution in [0.2, 0.25) is 0 Å². The largest absolute Gasteiger partial charge is 0.497 e. The van der Waals surface area contributed by atoms with Crippen molar-refractivity contribution in [3.63, 3.8) is 0 Å². The predicted octanol–water partition coefficient (Wildman–Crippen LogP) is 3.14. The third-order valence-electron chi connectivity index (χ3n) is 4.51. The summed E-state index contributed by atoms with van der Waals surface area (Å²) in [6, 6.07) is 10.2. The predicted molar refractivity (Wildman–Crippen MR) is 122 cm³/mol. The summed E-state index contributed by atoms with van der Waals surface area (Å²) >= 11 is 1.21. The van der Waals surface area contributed by atoms with Crippen molar-refractivity contribution in [1.82, 2.24) is 9.71 Å². The van der Waals surface area contributed by atoms with E-state index in [1.807, 2.05) is 0 Å². The van der Waals surface area contributed by atoms with E-state index in [4.69, 9.17) is 14.2 Å². The van der Waals surface area contributed by atoms with Crippen LogP contribution >= 0.6 is 11.3 Å². The third kappa shape index (κ3) is 5.36. The smallest absolute Gasteiger partial charge is 0.244 e. The summed E-state index contributed by atoms with van der Waals surface area (Å²) in [5.74, 6) is 1.23. The summed E-state index contributed by atoms with van der Waals surface area (Å²) in [5, 5.41) is 4.73. The van der Waals surface area contributed by atoms with Gasteiger partial charge in [-0.05, 0) is 49.4 Å². The maximum absolute atomic E-state index is 12.6. The maximum Gasteiger partial charge on any atom is 0.244 e. The summed E-state index contributed by atoms with van der Waals surface area (Å²) in [6.45, 7) is 1.45. The number of rotatable bonds is 9. The van der Waals surface area contributed by atoms with E-state index in [1.54, 1.807) is 37.8 Å². The lowest BCUT2D eigenvalue weighted by molar-refractivity contribution is -0.117. The fourth-order valence-corrected chi connectivity index (χ4v) is 4.71. The monoisotopic (exact) mass is 477 g/mol. The number of nitrogens with one attached hydrogen (secondary N) is 2. The Bertz CT molecular complexity index is 1190. The average Bonchev–Trinajstić information content (AvgIpc) is 3.26. The molecule has 1 atom stereocenters. The van der Waals surface area contributed by atoms with Gasteiger partial charge in [0.2, 0.25) is 15.9 Å². The van der Waals surface area contributed by atoms with Crippen LogP contribution in [-0.2, 0) is 14.8 Å². The molecular weight excluding hydrogens is 454 g/mol. The molecule has 1 aromatic heterocycles. The van der Waals surface area contributed by atoms with E-state index in [-0.39, 0.29) is 4.90 Å². The van der Waals surface area contributed by atoms with E-state index in [0.717, 1.165) is 0 Å². The van der Waals surface area contributed by atoms with Gasteiger partial charge in [-0.15, -0.1) is 11.3 Å². The molecule has 0 radical (unpaired) electrons. The first-order valence-corrected chi connectivity index (χ1v) is 11.8. The van der Waals surface area contributed by atoms with Crippen LogP contribution in [0.1, 0.15) is 6.92 Å². The van der Waals surface area contributed by atoms with Gasteiger partial charge in [-0.25, -0.2) is 13.4 Å². The van der Waals surface area contributed by atoms with Crippen LogP contribution < -0.4 is 24.2 Å². The SMILES string of the molecule is COc1ccc(S(=O)(=O)N[C@@H](C)C(=O)Nc2nc(-c3cc(OC)ccc3OC)cs2)cc1. The number of anilines is 1. The van der Waals surface area contributed by atoms with E-state index >= 15 is 0 Å².